The molecule has 140 valence electrons. The Bertz CT molecular complexity index is 733. The summed E-state index contributed by atoms with van der Waals surface area (Å²) in [5.74, 6) is 0.808. The Morgan fingerprint density at radius 1 is 1.42 bits per heavy atom. The Kier molecular flexibility index (Phi) is 6.35. The van der Waals surface area contributed by atoms with Gasteiger partial charge in [0.15, 0.2) is 0 Å². The number of ether oxygens (including phenoxy) is 2. The summed E-state index contributed by atoms with van der Waals surface area (Å²) in [6.45, 7) is 2.18. The first-order chi connectivity index (χ1) is 12.7. The van der Waals surface area contributed by atoms with Gasteiger partial charge in [0, 0.05) is 24.0 Å². The van der Waals surface area contributed by atoms with Crippen molar-refractivity contribution in [1.82, 2.24) is 15.2 Å². The van der Waals surface area contributed by atoms with Gasteiger partial charge in [-0.25, -0.2) is 4.39 Å². The number of hydrogen-bond donors (Lipinski definition) is 1. The summed E-state index contributed by atoms with van der Waals surface area (Å²) in [4.78, 5) is 17.5. The third-order valence-corrected chi connectivity index (χ3v) is 4.33. The molecule has 1 aliphatic heterocycles. The normalized spacial score (nSPS) is 19.4. The van der Waals surface area contributed by atoms with Gasteiger partial charge in [0.25, 0.3) is 0 Å². The van der Waals surface area contributed by atoms with Crippen LogP contribution >= 0.6 is 0 Å². The minimum Gasteiger partial charge on any atom is -0.496 e. The van der Waals surface area contributed by atoms with Gasteiger partial charge in [0.05, 0.1) is 38.0 Å². The Balaban J connectivity index is 0.000000236. The van der Waals surface area contributed by atoms with Crippen LogP contribution in [0.4, 0.5) is 4.39 Å². The minimum absolute atomic E-state index is 0.347. The molecule has 1 aromatic carbocycles. The second kappa shape index (κ2) is 8.91. The van der Waals surface area contributed by atoms with Gasteiger partial charge in [-0.15, -0.1) is 0 Å². The number of aromatic nitrogens is 1. The van der Waals surface area contributed by atoms with Crippen molar-refractivity contribution in [2.75, 3.05) is 26.8 Å². The number of amides is 1. The monoisotopic (exact) mass is 361 g/mol. The first-order valence-electron chi connectivity index (χ1n) is 8.81. The predicted octanol–water partition coefficient (Wildman–Crippen LogP) is 2.27. The van der Waals surface area contributed by atoms with Crippen LogP contribution in [0.15, 0.2) is 30.3 Å². The quantitative estimate of drug-likeness (QED) is 0.828. The molecule has 2 heterocycles. The van der Waals surface area contributed by atoms with Crippen LogP contribution in [0.3, 0.4) is 0 Å². The number of carbonyl (C=O) groups is 1. The topological polar surface area (TPSA) is 63.7 Å². The number of halogens is 1. The van der Waals surface area contributed by atoms with Gasteiger partial charge in [-0.05, 0) is 25.0 Å². The summed E-state index contributed by atoms with van der Waals surface area (Å²) < 4.78 is 21.9. The first kappa shape index (κ1) is 18.5. The SMILES string of the molecule is COc1cc(CN(C=O)C2CC2)nc2ccccc12.F[C@H]1CNCCO1. The van der Waals surface area contributed by atoms with Gasteiger partial charge in [0.1, 0.15) is 5.75 Å². The van der Waals surface area contributed by atoms with Crippen molar-refractivity contribution in [3.05, 3.63) is 36.0 Å². The summed E-state index contributed by atoms with van der Waals surface area (Å²) in [7, 11) is 1.66. The number of nitrogens with zero attached hydrogens (tertiary/aromatic N) is 2. The number of rotatable bonds is 5. The molecule has 1 aromatic heterocycles. The van der Waals surface area contributed by atoms with Crippen LogP contribution < -0.4 is 10.1 Å². The number of fused-ring (bicyclic) bond motifs is 1. The van der Waals surface area contributed by atoms with Crippen molar-refractivity contribution in [1.29, 1.82) is 0 Å². The van der Waals surface area contributed by atoms with Crippen LogP contribution in [0.2, 0.25) is 0 Å². The van der Waals surface area contributed by atoms with Gasteiger partial charge in [-0.2, -0.15) is 0 Å². The van der Waals surface area contributed by atoms with Crippen LogP contribution in [0.25, 0.3) is 10.9 Å². The van der Waals surface area contributed by atoms with E-state index in [0.29, 0.717) is 25.7 Å². The van der Waals surface area contributed by atoms with E-state index in [4.69, 9.17) is 4.74 Å². The van der Waals surface area contributed by atoms with E-state index in [2.05, 4.69) is 15.0 Å². The largest absolute Gasteiger partial charge is 0.496 e. The minimum atomic E-state index is -1.08. The standard InChI is InChI=1S/C15H16N2O2.C4H8FNO/c1-19-15-8-11(9-17(10-18)12-6-7-12)16-14-5-3-2-4-13(14)15;5-4-3-6-1-2-7-4/h2-5,8,10,12H,6-7,9H2,1H3;4,6H,1-3H2/t;4-/m.1/s1. The van der Waals surface area contributed by atoms with Crippen LogP contribution in [0.1, 0.15) is 18.5 Å². The maximum absolute atomic E-state index is 11.9. The number of alkyl halides is 1. The van der Waals surface area contributed by atoms with E-state index in [-0.39, 0.29) is 0 Å². The smallest absolute Gasteiger partial charge is 0.211 e. The number of methoxy groups -OCH3 is 1. The maximum Gasteiger partial charge on any atom is 0.211 e. The molecule has 1 saturated heterocycles. The molecule has 6 nitrogen and oxygen atoms in total. The second-order valence-electron chi connectivity index (χ2n) is 6.33. The predicted molar refractivity (Wildman–Crippen MR) is 96.6 cm³/mol. The van der Waals surface area contributed by atoms with E-state index < -0.39 is 6.36 Å². The van der Waals surface area contributed by atoms with Gasteiger partial charge in [-0.3, -0.25) is 9.78 Å². The van der Waals surface area contributed by atoms with Gasteiger partial charge >= 0.3 is 0 Å². The molecule has 1 atom stereocenters. The van der Waals surface area contributed by atoms with E-state index >= 15 is 0 Å². The van der Waals surface area contributed by atoms with E-state index in [1.807, 2.05) is 35.2 Å². The zero-order chi connectivity index (χ0) is 18.4. The molecule has 0 bridgehead atoms. The molecule has 2 aliphatic rings. The molecular weight excluding hydrogens is 337 g/mol. The van der Waals surface area contributed by atoms with Crippen molar-refractivity contribution < 1.29 is 18.7 Å². The lowest BCUT2D eigenvalue weighted by Gasteiger charge is -2.17. The van der Waals surface area contributed by atoms with Crippen LogP contribution in [0, 0.1) is 0 Å². The molecular formula is C19H24FN3O3. The Morgan fingerprint density at radius 2 is 2.23 bits per heavy atom. The molecule has 4 rings (SSSR count). The van der Waals surface area contributed by atoms with Gasteiger partial charge in [0.2, 0.25) is 12.8 Å². The fourth-order valence-electron chi connectivity index (χ4n) is 2.82. The average molecular weight is 361 g/mol. The molecule has 26 heavy (non-hydrogen) atoms. The third kappa shape index (κ3) is 4.89. The highest BCUT2D eigenvalue weighted by Gasteiger charge is 2.28. The lowest BCUT2D eigenvalue weighted by atomic mass is 10.2. The molecule has 0 radical (unpaired) electrons. The van der Waals surface area contributed by atoms with Crippen molar-refractivity contribution >= 4 is 17.3 Å². The zero-order valence-corrected chi connectivity index (χ0v) is 14.9. The second-order valence-corrected chi connectivity index (χ2v) is 6.33. The zero-order valence-electron chi connectivity index (χ0n) is 14.9. The molecule has 0 spiro atoms. The number of nitrogens with one attached hydrogen (secondary N) is 1. The van der Waals surface area contributed by atoms with Crippen molar-refractivity contribution in [2.24, 2.45) is 0 Å². The molecule has 2 fully saturated rings. The number of para-hydroxylation sites is 1. The summed E-state index contributed by atoms with van der Waals surface area (Å²) in [6, 6.07) is 10.2. The molecule has 2 aromatic rings. The number of carbonyl (C=O) groups excluding carboxylic acids is 1. The molecule has 0 unspecified atom stereocenters. The lowest BCUT2D eigenvalue weighted by molar-refractivity contribution is -0.119. The van der Waals surface area contributed by atoms with E-state index in [1.165, 1.54) is 0 Å². The van der Waals surface area contributed by atoms with E-state index in [0.717, 1.165) is 48.1 Å². The number of benzene rings is 1. The molecule has 1 aliphatic carbocycles. The Morgan fingerprint density at radius 3 is 2.81 bits per heavy atom. The summed E-state index contributed by atoms with van der Waals surface area (Å²) >= 11 is 0. The molecule has 7 heteroatoms. The average Bonchev–Trinajstić information content (AvgIpc) is 3.51. The molecule has 1 N–H and O–H groups in total. The van der Waals surface area contributed by atoms with Gasteiger partial charge < -0.3 is 19.7 Å². The maximum atomic E-state index is 11.9. The van der Waals surface area contributed by atoms with Crippen molar-refractivity contribution in [3.63, 3.8) is 0 Å². The Labute approximate surface area is 152 Å². The summed E-state index contributed by atoms with van der Waals surface area (Å²) in [5.41, 5.74) is 1.77. The fraction of sp³-hybridized carbons (Fsp3) is 0.474. The van der Waals surface area contributed by atoms with Crippen LogP contribution in [-0.2, 0) is 16.1 Å². The highest BCUT2D eigenvalue weighted by Crippen LogP contribution is 2.29. The fourth-order valence-corrected chi connectivity index (χ4v) is 2.82. The highest BCUT2D eigenvalue weighted by molar-refractivity contribution is 5.85. The van der Waals surface area contributed by atoms with Crippen LogP contribution in [0.5, 0.6) is 5.75 Å². The third-order valence-electron chi connectivity index (χ3n) is 4.33. The molecule has 1 amide bonds. The van der Waals surface area contributed by atoms with Crippen LogP contribution in [-0.4, -0.2) is 55.5 Å². The summed E-state index contributed by atoms with van der Waals surface area (Å²) in [6.07, 6.45) is 2.04. The number of hydrogen-bond acceptors (Lipinski definition) is 5. The van der Waals surface area contributed by atoms with Crippen molar-refractivity contribution in [3.8, 4) is 5.75 Å². The van der Waals surface area contributed by atoms with E-state index in [9.17, 15) is 9.18 Å². The number of pyridine rings is 1. The Hall–Kier alpha value is -2.25. The number of morpholine rings is 1. The van der Waals surface area contributed by atoms with Gasteiger partial charge in [-0.1, -0.05) is 12.1 Å². The highest BCUT2D eigenvalue weighted by atomic mass is 19.1. The van der Waals surface area contributed by atoms with E-state index in [1.54, 1.807) is 7.11 Å². The lowest BCUT2D eigenvalue weighted by Crippen LogP contribution is -2.35. The first-order valence-corrected chi connectivity index (χ1v) is 8.81. The van der Waals surface area contributed by atoms with Crippen molar-refractivity contribution in [2.45, 2.75) is 31.8 Å². The molecule has 1 saturated carbocycles. The summed E-state index contributed by atoms with van der Waals surface area (Å²) in [5, 5.41) is 3.83.